The second-order valence-corrected chi connectivity index (χ2v) is 6.24. The number of methoxy groups -OCH3 is 1. The van der Waals surface area contributed by atoms with Crippen molar-refractivity contribution in [3.8, 4) is 0 Å². The molecule has 1 aromatic rings. The molecule has 6 nitrogen and oxygen atoms in total. The van der Waals surface area contributed by atoms with Gasteiger partial charge in [-0.2, -0.15) is 5.10 Å². The van der Waals surface area contributed by atoms with E-state index in [9.17, 15) is 9.90 Å². The number of ether oxygens (including phenoxy) is 1. The van der Waals surface area contributed by atoms with Gasteiger partial charge in [0.25, 0.3) is 5.56 Å². The summed E-state index contributed by atoms with van der Waals surface area (Å²) in [5.74, 6) is 0.538. The predicted molar refractivity (Wildman–Crippen MR) is 84.5 cm³/mol. The van der Waals surface area contributed by atoms with Crippen molar-refractivity contribution in [1.82, 2.24) is 9.78 Å². The van der Waals surface area contributed by atoms with Crippen molar-refractivity contribution in [2.45, 2.75) is 38.3 Å². The van der Waals surface area contributed by atoms with Crippen LogP contribution in [0.1, 0.15) is 25.7 Å². The first kappa shape index (κ1) is 16.5. The molecule has 2 N–H and O–H groups in total. The Balaban J connectivity index is 1.94. The molecule has 2 rings (SSSR count). The van der Waals surface area contributed by atoms with Crippen molar-refractivity contribution >= 4 is 21.6 Å². The van der Waals surface area contributed by atoms with Crippen molar-refractivity contribution in [3.05, 3.63) is 21.0 Å². The summed E-state index contributed by atoms with van der Waals surface area (Å²) in [6.07, 6.45) is 5.29. The molecule has 1 saturated carbocycles. The second kappa shape index (κ2) is 7.91. The smallest absolute Gasteiger partial charge is 0.283 e. The number of hydrogen-bond donors (Lipinski definition) is 2. The molecule has 0 unspecified atom stereocenters. The molecular formula is C14H22BrN3O3. The Morgan fingerprint density at radius 1 is 1.48 bits per heavy atom. The van der Waals surface area contributed by atoms with Crippen LogP contribution in [-0.2, 0) is 11.3 Å². The molecule has 118 valence electrons. The molecule has 0 aliphatic heterocycles. The molecule has 1 heterocycles. The monoisotopic (exact) mass is 359 g/mol. The van der Waals surface area contributed by atoms with E-state index in [4.69, 9.17) is 4.74 Å². The van der Waals surface area contributed by atoms with Crippen LogP contribution in [0.4, 0.5) is 5.69 Å². The van der Waals surface area contributed by atoms with Gasteiger partial charge in [-0.15, -0.1) is 0 Å². The number of hydrogen-bond acceptors (Lipinski definition) is 5. The second-order valence-electron chi connectivity index (χ2n) is 5.45. The fourth-order valence-corrected chi connectivity index (χ4v) is 2.98. The van der Waals surface area contributed by atoms with E-state index in [1.807, 2.05) is 0 Å². The van der Waals surface area contributed by atoms with Crippen LogP contribution in [0, 0.1) is 5.92 Å². The minimum Gasteiger partial charge on any atom is -0.393 e. The van der Waals surface area contributed by atoms with Gasteiger partial charge in [0.1, 0.15) is 4.47 Å². The van der Waals surface area contributed by atoms with Crippen molar-refractivity contribution in [3.63, 3.8) is 0 Å². The Kier molecular flexibility index (Phi) is 6.20. The van der Waals surface area contributed by atoms with Gasteiger partial charge >= 0.3 is 0 Å². The third-order valence-electron chi connectivity index (χ3n) is 3.89. The van der Waals surface area contributed by atoms with Crippen LogP contribution in [0.25, 0.3) is 0 Å². The zero-order valence-electron chi connectivity index (χ0n) is 12.2. The van der Waals surface area contributed by atoms with E-state index in [1.165, 1.54) is 4.68 Å². The standard InChI is InChI=1S/C14H22BrN3O3/c1-21-7-6-18-14(20)13(15)12(9-17-18)16-8-10-2-4-11(19)5-3-10/h9-11,16,19H,2-8H2,1H3. The largest absolute Gasteiger partial charge is 0.393 e. The highest BCUT2D eigenvalue weighted by Gasteiger charge is 2.19. The quantitative estimate of drug-likeness (QED) is 0.806. The maximum Gasteiger partial charge on any atom is 0.283 e. The minimum absolute atomic E-state index is 0.139. The molecule has 0 saturated heterocycles. The van der Waals surface area contributed by atoms with Crippen LogP contribution >= 0.6 is 15.9 Å². The van der Waals surface area contributed by atoms with E-state index >= 15 is 0 Å². The number of anilines is 1. The van der Waals surface area contributed by atoms with Gasteiger partial charge in [-0.1, -0.05) is 0 Å². The van der Waals surface area contributed by atoms with Crippen molar-refractivity contribution in [1.29, 1.82) is 0 Å². The third kappa shape index (κ3) is 4.52. The average molecular weight is 360 g/mol. The number of rotatable bonds is 6. The van der Waals surface area contributed by atoms with E-state index in [0.29, 0.717) is 23.5 Å². The molecule has 0 spiro atoms. The van der Waals surface area contributed by atoms with Crippen LogP contribution in [-0.4, -0.2) is 41.3 Å². The van der Waals surface area contributed by atoms with Crippen LogP contribution in [0.15, 0.2) is 15.5 Å². The lowest BCUT2D eigenvalue weighted by Gasteiger charge is -2.25. The Hall–Kier alpha value is -0.920. The predicted octanol–water partition coefficient (Wildman–Crippen LogP) is 1.62. The van der Waals surface area contributed by atoms with Gasteiger partial charge in [0.05, 0.1) is 31.1 Å². The lowest BCUT2D eigenvalue weighted by Crippen LogP contribution is -2.28. The Bertz CT molecular complexity index is 513. The minimum atomic E-state index is -0.156. The normalized spacial score (nSPS) is 22.2. The van der Waals surface area contributed by atoms with Gasteiger partial charge in [0.15, 0.2) is 0 Å². The zero-order chi connectivity index (χ0) is 15.2. The van der Waals surface area contributed by atoms with Gasteiger partial charge in [0, 0.05) is 13.7 Å². The van der Waals surface area contributed by atoms with Gasteiger partial charge in [-0.3, -0.25) is 4.79 Å². The molecule has 0 aromatic carbocycles. The summed E-state index contributed by atoms with van der Waals surface area (Å²) < 4.78 is 6.84. The highest BCUT2D eigenvalue weighted by atomic mass is 79.9. The summed E-state index contributed by atoms with van der Waals surface area (Å²) >= 11 is 3.34. The Morgan fingerprint density at radius 3 is 2.86 bits per heavy atom. The number of aliphatic hydroxyl groups is 1. The summed E-state index contributed by atoms with van der Waals surface area (Å²) in [5, 5.41) is 16.9. The lowest BCUT2D eigenvalue weighted by atomic mass is 9.87. The maximum absolute atomic E-state index is 12.1. The number of halogens is 1. The SMILES string of the molecule is COCCn1ncc(NCC2CCC(O)CC2)c(Br)c1=O. The first-order valence-electron chi connectivity index (χ1n) is 7.28. The molecule has 1 fully saturated rings. The molecule has 21 heavy (non-hydrogen) atoms. The number of aromatic nitrogens is 2. The van der Waals surface area contributed by atoms with Crippen LogP contribution < -0.4 is 10.9 Å². The molecule has 0 radical (unpaired) electrons. The highest BCUT2D eigenvalue weighted by molar-refractivity contribution is 9.10. The van der Waals surface area contributed by atoms with E-state index in [-0.39, 0.29) is 11.7 Å². The summed E-state index contributed by atoms with van der Waals surface area (Å²) in [7, 11) is 1.59. The molecule has 0 atom stereocenters. The summed E-state index contributed by atoms with van der Waals surface area (Å²) in [5.41, 5.74) is 0.566. The van der Waals surface area contributed by atoms with Crippen LogP contribution in [0.3, 0.4) is 0 Å². The summed E-state index contributed by atoms with van der Waals surface area (Å²) in [4.78, 5) is 12.1. The van der Waals surface area contributed by atoms with E-state index < -0.39 is 0 Å². The Morgan fingerprint density at radius 2 is 2.19 bits per heavy atom. The fourth-order valence-electron chi connectivity index (χ4n) is 2.53. The summed E-state index contributed by atoms with van der Waals surface area (Å²) in [6.45, 7) is 1.69. The average Bonchev–Trinajstić information content (AvgIpc) is 2.49. The first-order chi connectivity index (χ1) is 10.1. The van der Waals surface area contributed by atoms with Gasteiger partial charge in [0.2, 0.25) is 0 Å². The zero-order valence-corrected chi connectivity index (χ0v) is 13.8. The van der Waals surface area contributed by atoms with E-state index in [2.05, 4.69) is 26.3 Å². The van der Waals surface area contributed by atoms with Gasteiger partial charge in [-0.25, -0.2) is 4.68 Å². The van der Waals surface area contributed by atoms with Crippen molar-refractivity contribution in [2.75, 3.05) is 25.6 Å². The molecule has 0 amide bonds. The number of aliphatic hydroxyl groups excluding tert-OH is 1. The fraction of sp³-hybridized carbons (Fsp3) is 0.714. The molecule has 1 aliphatic rings. The molecule has 0 bridgehead atoms. The number of nitrogens with one attached hydrogen (secondary N) is 1. The maximum atomic E-state index is 12.1. The van der Waals surface area contributed by atoms with Crippen LogP contribution in [0.2, 0.25) is 0 Å². The van der Waals surface area contributed by atoms with Crippen molar-refractivity contribution in [2.24, 2.45) is 5.92 Å². The molecular weight excluding hydrogens is 338 g/mol. The van der Waals surface area contributed by atoms with Gasteiger partial charge < -0.3 is 15.2 Å². The molecule has 1 aliphatic carbocycles. The van der Waals surface area contributed by atoms with E-state index in [1.54, 1.807) is 13.3 Å². The topological polar surface area (TPSA) is 76.4 Å². The molecule has 7 heteroatoms. The van der Waals surface area contributed by atoms with Gasteiger partial charge in [-0.05, 0) is 47.5 Å². The Labute approximate surface area is 132 Å². The highest BCUT2D eigenvalue weighted by Crippen LogP contribution is 2.25. The van der Waals surface area contributed by atoms with Crippen molar-refractivity contribution < 1.29 is 9.84 Å². The number of nitrogens with zero attached hydrogens (tertiary/aromatic N) is 2. The van der Waals surface area contributed by atoms with E-state index in [0.717, 1.165) is 37.9 Å². The molecule has 1 aromatic heterocycles. The third-order valence-corrected chi connectivity index (χ3v) is 4.66. The lowest BCUT2D eigenvalue weighted by molar-refractivity contribution is 0.111. The first-order valence-corrected chi connectivity index (χ1v) is 8.07. The van der Waals surface area contributed by atoms with Crippen LogP contribution in [0.5, 0.6) is 0 Å². The summed E-state index contributed by atoms with van der Waals surface area (Å²) in [6, 6.07) is 0.